The Morgan fingerprint density at radius 2 is 1.94 bits per heavy atom. The summed E-state index contributed by atoms with van der Waals surface area (Å²) in [5.74, 6) is 1.67. The second-order valence-corrected chi connectivity index (χ2v) is 7.00. The van der Waals surface area contributed by atoms with Gasteiger partial charge in [-0.25, -0.2) is 0 Å². The summed E-state index contributed by atoms with van der Waals surface area (Å²) in [6.45, 7) is 17.5. The van der Waals surface area contributed by atoms with Crippen LogP contribution in [-0.2, 0) is 0 Å². The van der Waals surface area contributed by atoms with Gasteiger partial charge in [-0.2, -0.15) is 0 Å². The average Bonchev–Trinajstić information content (AvgIpc) is 2.64. The lowest BCUT2D eigenvalue weighted by molar-refractivity contribution is 0.170. The van der Waals surface area contributed by atoms with Gasteiger partial charge >= 0.3 is 0 Å². The van der Waals surface area contributed by atoms with E-state index in [1.807, 2.05) is 0 Å². The molecule has 1 N–H and O–H groups in total. The van der Waals surface area contributed by atoms with Crippen LogP contribution in [0.25, 0.3) is 0 Å². The summed E-state index contributed by atoms with van der Waals surface area (Å²) in [7, 11) is 0. The van der Waals surface area contributed by atoms with Gasteiger partial charge in [0, 0.05) is 24.7 Å². The van der Waals surface area contributed by atoms with Crippen molar-refractivity contribution in [2.75, 3.05) is 19.6 Å². The summed E-state index contributed by atoms with van der Waals surface area (Å²) in [6.07, 6.45) is 2.74. The predicted molar refractivity (Wildman–Crippen MR) is 76.4 cm³/mol. The van der Waals surface area contributed by atoms with Crippen LogP contribution < -0.4 is 5.32 Å². The molecular weight excluding hydrogens is 208 g/mol. The Labute approximate surface area is 108 Å². The number of nitrogens with zero attached hydrogens (tertiary/aromatic N) is 1. The fourth-order valence-electron chi connectivity index (χ4n) is 2.69. The van der Waals surface area contributed by atoms with Gasteiger partial charge in [-0.3, -0.25) is 4.90 Å². The van der Waals surface area contributed by atoms with Crippen molar-refractivity contribution in [3.05, 3.63) is 0 Å². The minimum absolute atomic E-state index is 0.233. The van der Waals surface area contributed by atoms with Gasteiger partial charge < -0.3 is 5.32 Å². The fraction of sp³-hybridized carbons (Fsp3) is 1.00. The number of hydrogen-bond donors (Lipinski definition) is 1. The van der Waals surface area contributed by atoms with E-state index < -0.39 is 0 Å². The SMILES string of the molecule is CCC1CCN(C(CNC(C)(C)C)C(C)C)C1. The second kappa shape index (κ2) is 6.19. The molecule has 2 atom stereocenters. The number of hydrogen-bond acceptors (Lipinski definition) is 2. The third-order valence-corrected chi connectivity index (χ3v) is 3.97. The molecule has 0 bridgehead atoms. The van der Waals surface area contributed by atoms with E-state index in [1.54, 1.807) is 0 Å². The molecule has 2 unspecified atom stereocenters. The molecule has 0 aromatic rings. The van der Waals surface area contributed by atoms with E-state index in [4.69, 9.17) is 0 Å². The standard InChI is InChI=1S/C15H32N2/c1-7-13-8-9-17(11-13)14(12(2)3)10-16-15(4,5)6/h12-14,16H,7-11H2,1-6H3. The van der Waals surface area contributed by atoms with Crippen molar-refractivity contribution in [2.24, 2.45) is 11.8 Å². The van der Waals surface area contributed by atoms with Crippen LogP contribution in [0.4, 0.5) is 0 Å². The number of rotatable bonds is 5. The van der Waals surface area contributed by atoms with Crippen molar-refractivity contribution in [3.63, 3.8) is 0 Å². The smallest absolute Gasteiger partial charge is 0.0243 e. The second-order valence-electron chi connectivity index (χ2n) is 7.00. The van der Waals surface area contributed by atoms with E-state index in [0.29, 0.717) is 6.04 Å². The Bertz CT molecular complexity index is 217. The molecule has 1 heterocycles. The van der Waals surface area contributed by atoms with E-state index >= 15 is 0 Å². The van der Waals surface area contributed by atoms with E-state index in [1.165, 1.54) is 25.9 Å². The molecule has 0 radical (unpaired) electrons. The maximum absolute atomic E-state index is 3.67. The quantitative estimate of drug-likeness (QED) is 0.794. The van der Waals surface area contributed by atoms with Crippen molar-refractivity contribution in [1.82, 2.24) is 10.2 Å². The van der Waals surface area contributed by atoms with Crippen LogP contribution >= 0.6 is 0 Å². The van der Waals surface area contributed by atoms with Crippen LogP contribution in [-0.4, -0.2) is 36.1 Å². The van der Waals surface area contributed by atoms with E-state index in [0.717, 1.165) is 18.4 Å². The molecule has 0 saturated carbocycles. The minimum Gasteiger partial charge on any atom is -0.311 e. The number of nitrogens with one attached hydrogen (secondary N) is 1. The van der Waals surface area contributed by atoms with Crippen molar-refractivity contribution in [2.45, 2.75) is 66.0 Å². The van der Waals surface area contributed by atoms with Gasteiger partial charge in [0.15, 0.2) is 0 Å². The first-order chi connectivity index (χ1) is 7.83. The largest absolute Gasteiger partial charge is 0.311 e. The molecule has 102 valence electrons. The van der Waals surface area contributed by atoms with Gasteiger partial charge in [0.25, 0.3) is 0 Å². The fourth-order valence-corrected chi connectivity index (χ4v) is 2.69. The highest BCUT2D eigenvalue weighted by atomic mass is 15.2. The Balaban J connectivity index is 2.49. The first-order valence-corrected chi connectivity index (χ1v) is 7.32. The van der Waals surface area contributed by atoms with E-state index in [2.05, 4.69) is 51.8 Å². The molecule has 0 amide bonds. The van der Waals surface area contributed by atoms with Gasteiger partial charge in [-0.15, -0.1) is 0 Å². The van der Waals surface area contributed by atoms with E-state index in [-0.39, 0.29) is 5.54 Å². The molecule has 0 aliphatic carbocycles. The van der Waals surface area contributed by atoms with Crippen LogP contribution in [0.1, 0.15) is 54.4 Å². The zero-order valence-corrected chi connectivity index (χ0v) is 12.7. The van der Waals surface area contributed by atoms with Crippen LogP contribution in [0.3, 0.4) is 0 Å². The summed E-state index contributed by atoms with van der Waals surface area (Å²) < 4.78 is 0. The zero-order chi connectivity index (χ0) is 13.1. The normalized spacial score (nSPS) is 24.5. The number of likely N-dealkylation sites (tertiary alicyclic amines) is 1. The Morgan fingerprint density at radius 1 is 1.29 bits per heavy atom. The maximum Gasteiger partial charge on any atom is 0.0243 e. The topological polar surface area (TPSA) is 15.3 Å². The zero-order valence-electron chi connectivity index (χ0n) is 12.7. The molecule has 0 aromatic heterocycles. The molecule has 1 fully saturated rings. The highest BCUT2D eigenvalue weighted by Gasteiger charge is 2.29. The van der Waals surface area contributed by atoms with Crippen LogP contribution in [0.2, 0.25) is 0 Å². The summed E-state index contributed by atoms with van der Waals surface area (Å²) >= 11 is 0. The molecular formula is C15H32N2. The molecule has 0 spiro atoms. The molecule has 1 aliphatic rings. The Morgan fingerprint density at radius 3 is 2.35 bits per heavy atom. The molecule has 2 nitrogen and oxygen atoms in total. The maximum atomic E-state index is 3.67. The van der Waals surface area contributed by atoms with Gasteiger partial charge in [-0.05, 0) is 45.6 Å². The average molecular weight is 240 g/mol. The van der Waals surface area contributed by atoms with Crippen LogP contribution in [0.15, 0.2) is 0 Å². The van der Waals surface area contributed by atoms with Crippen LogP contribution in [0, 0.1) is 11.8 Å². The van der Waals surface area contributed by atoms with Crippen molar-refractivity contribution >= 4 is 0 Å². The van der Waals surface area contributed by atoms with Crippen molar-refractivity contribution in [3.8, 4) is 0 Å². The van der Waals surface area contributed by atoms with Crippen molar-refractivity contribution in [1.29, 1.82) is 0 Å². The van der Waals surface area contributed by atoms with Gasteiger partial charge in [-0.1, -0.05) is 27.2 Å². The lowest BCUT2D eigenvalue weighted by Crippen LogP contribution is -2.49. The van der Waals surface area contributed by atoms with Crippen molar-refractivity contribution < 1.29 is 0 Å². The summed E-state index contributed by atoms with van der Waals surface area (Å²) in [5.41, 5.74) is 0.233. The third kappa shape index (κ3) is 4.97. The molecule has 2 heteroatoms. The first kappa shape index (κ1) is 15.0. The summed E-state index contributed by atoms with van der Waals surface area (Å²) in [6, 6.07) is 0.700. The lowest BCUT2D eigenvalue weighted by atomic mass is 10.0. The Hall–Kier alpha value is -0.0800. The third-order valence-electron chi connectivity index (χ3n) is 3.97. The molecule has 1 aliphatic heterocycles. The monoisotopic (exact) mass is 240 g/mol. The molecule has 1 saturated heterocycles. The molecule has 1 rings (SSSR count). The van der Waals surface area contributed by atoms with Gasteiger partial charge in [0.2, 0.25) is 0 Å². The molecule has 17 heavy (non-hydrogen) atoms. The van der Waals surface area contributed by atoms with Crippen LogP contribution in [0.5, 0.6) is 0 Å². The van der Waals surface area contributed by atoms with E-state index in [9.17, 15) is 0 Å². The van der Waals surface area contributed by atoms with Gasteiger partial charge in [0.1, 0.15) is 0 Å². The minimum atomic E-state index is 0.233. The Kier molecular flexibility index (Phi) is 5.46. The first-order valence-electron chi connectivity index (χ1n) is 7.32. The summed E-state index contributed by atoms with van der Waals surface area (Å²) in [5, 5.41) is 3.67. The molecule has 0 aromatic carbocycles. The highest BCUT2D eigenvalue weighted by molar-refractivity contribution is 4.86. The van der Waals surface area contributed by atoms with Gasteiger partial charge in [0.05, 0.1) is 0 Å². The predicted octanol–water partition coefficient (Wildman–Crippen LogP) is 3.13. The summed E-state index contributed by atoms with van der Waals surface area (Å²) in [4.78, 5) is 2.71. The highest BCUT2D eigenvalue weighted by Crippen LogP contribution is 2.24. The lowest BCUT2D eigenvalue weighted by Gasteiger charge is -2.34.